The maximum Gasteiger partial charge on any atom is 0.314 e. The quantitative estimate of drug-likeness (QED) is 0.361. The van der Waals surface area contributed by atoms with Gasteiger partial charge in [-0.1, -0.05) is 31.5 Å². The number of benzene rings is 1. The van der Waals surface area contributed by atoms with E-state index in [1.54, 1.807) is 0 Å². The predicted molar refractivity (Wildman–Crippen MR) is 71.0 cm³/mol. The number of carbonyl (C=O) groups excluding carboxylic acids is 2. The Balaban J connectivity index is 0.000000199. The van der Waals surface area contributed by atoms with E-state index >= 15 is 0 Å². The highest BCUT2D eigenvalue weighted by Crippen LogP contribution is 2.07. The fourth-order valence-corrected chi connectivity index (χ4v) is 2.15. The van der Waals surface area contributed by atoms with Gasteiger partial charge in [-0.2, -0.15) is 0 Å². The van der Waals surface area contributed by atoms with Gasteiger partial charge in [0.1, 0.15) is 5.75 Å². The number of para-hydroxylation sites is 1. The Kier molecular flexibility index (Phi) is 6.79. The first kappa shape index (κ1) is 14.4. The van der Waals surface area contributed by atoms with Gasteiger partial charge >= 0.3 is 11.9 Å². The van der Waals surface area contributed by atoms with Crippen LogP contribution in [-0.4, -0.2) is 21.7 Å². The molecule has 1 aromatic rings. The second kappa shape index (κ2) is 8.47. The molecule has 0 spiro atoms. The van der Waals surface area contributed by atoms with Crippen molar-refractivity contribution in [2.75, 3.05) is 0 Å². The van der Waals surface area contributed by atoms with Crippen LogP contribution in [0.1, 0.15) is 26.2 Å². The van der Waals surface area contributed by atoms with Crippen molar-refractivity contribution >= 4 is 21.7 Å². The average Bonchev–Trinajstić information content (AvgIpc) is 2.76. The molecule has 0 saturated carbocycles. The molecule has 0 radical (unpaired) electrons. The first-order valence-electron chi connectivity index (χ1n) is 6.13. The molecule has 0 N–H and O–H groups in total. The van der Waals surface area contributed by atoms with Crippen molar-refractivity contribution in [1.29, 1.82) is 0 Å². The standard InChI is InChI=1S/C9H14OSi.C4H4O3/c1-2-8-11-10-9-6-4-3-5-7-9;5-3-1-2-4(6)7-3/h3-7H,2,8,11H2,1H3;1-2H2. The topological polar surface area (TPSA) is 52.6 Å². The summed E-state index contributed by atoms with van der Waals surface area (Å²) in [5, 5.41) is 0. The summed E-state index contributed by atoms with van der Waals surface area (Å²) in [5.74, 6) is 0.239. The summed E-state index contributed by atoms with van der Waals surface area (Å²) in [4.78, 5) is 20.0. The normalized spacial score (nSPS) is 14.3. The van der Waals surface area contributed by atoms with E-state index in [4.69, 9.17) is 4.43 Å². The SMILES string of the molecule is CCC[SiH2]Oc1ccccc1.O=C1CCC(=O)O1. The molecule has 2 rings (SSSR count). The second-order valence-corrected chi connectivity index (χ2v) is 5.27. The van der Waals surface area contributed by atoms with Crippen LogP contribution in [0.15, 0.2) is 30.3 Å². The van der Waals surface area contributed by atoms with Gasteiger partial charge in [-0.15, -0.1) is 0 Å². The van der Waals surface area contributed by atoms with E-state index < -0.39 is 11.9 Å². The van der Waals surface area contributed by atoms with E-state index in [-0.39, 0.29) is 22.6 Å². The van der Waals surface area contributed by atoms with Crippen molar-refractivity contribution in [3.63, 3.8) is 0 Å². The van der Waals surface area contributed by atoms with Crippen LogP contribution in [-0.2, 0) is 14.3 Å². The lowest BCUT2D eigenvalue weighted by molar-refractivity contribution is -0.151. The summed E-state index contributed by atoms with van der Waals surface area (Å²) >= 11 is 0. The van der Waals surface area contributed by atoms with Crippen molar-refractivity contribution in [2.24, 2.45) is 0 Å². The lowest BCUT2D eigenvalue weighted by Gasteiger charge is -2.03. The Morgan fingerprint density at radius 2 is 1.78 bits per heavy atom. The highest BCUT2D eigenvalue weighted by Gasteiger charge is 2.19. The van der Waals surface area contributed by atoms with Crippen LogP contribution in [0.25, 0.3) is 0 Å². The number of rotatable bonds is 4. The second-order valence-electron chi connectivity index (χ2n) is 3.86. The minimum Gasteiger partial charge on any atom is -0.549 e. The fraction of sp³-hybridized carbons (Fsp3) is 0.385. The zero-order valence-electron chi connectivity index (χ0n) is 10.6. The minimum atomic E-state index is -0.398. The summed E-state index contributed by atoms with van der Waals surface area (Å²) in [6.07, 6.45) is 1.77. The molecule has 0 aromatic heterocycles. The molecule has 0 amide bonds. The lowest BCUT2D eigenvalue weighted by atomic mass is 10.3. The smallest absolute Gasteiger partial charge is 0.314 e. The number of esters is 2. The third kappa shape index (κ3) is 6.20. The maximum absolute atomic E-state index is 10.0. The first-order chi connectivity index (χ1) is 8.72. The molecule has 1 aliphatic rings. The van der Waals surface area contributed by atoms with Gasteiger partial charge in [0.25, 0.3) is 0 Å². The van der Waals surface area contributed by atoms with Gasteiger partial charge in [0.2, 0.25) is 9.76 Å². The minimum absolute atomic E-state index is 0.263. The highest BCUT2D eigenvalue weighted by molar-refractivity contribution is 6.28. The van der Waals surface area contributed by atoms with E-state index in [0.717, 1.165) is 5.75 Å². The molecule has 1 heterocycles. The van der Waals surface area contributed by atoms with Crippen LogP contribution < -0.4 is 4.43 Å². The van der Waals surface area contributed by atoms with Crippen LogP contribution >= 0.6 is 0 Å². The molecular formula is C13H18O4Si. The van der Waals surface area contributed by atoms with E-state index in [0.29, 0.717) is 0 Å². The zero-order valence-corrected chi connectivity index (χ0v) is 12.0. The zero-order chi connectivity index (χ0) is 13.2. The molecule has 1 saturated heterocycles. The molecule has 18 heavy (non-hydrogen) atoms. The van der Waals surface area contributed by atoms with Crippen molar-refractivity contribution < 1.29 is 18.8 Å². The third-order valence-electron chi connectivity index (χ3n) is 2.27. The van der Waals surface area contributed by atoms with E-state index in [2.05, 4.69) is 11.7 Å². The molecule has 0 unspecified atom stereocenters. The van der Waals surface area contributed by atoms with Gasteiger partial charge in [0.05, 0.1) is 12.8 Å². The summed E-state index contributed by atoms with van der Waals surface area (Å²) in [7, 11) is -0.287. The third-order valence-corrected chi connectivity index (χ3v) is 3.80. The Morgan fingerprint density at radius 3 is 2.22 bits per heavy atom. The number of hydrogen-bond donors (Lipinski definition) is 0. The number of cyclic esters (lactones) is 2. The molecule has 1 fully saturated rings. The van der Waals surface area contributed by atoms with Gasteiger partial charge in [-0.3, -0.25) is 9.59 Å². The molecule has 0 atom stereocenters. The van der Waals surface area contributed by atoms with E-state index in [1.165, 1.54) is 12.5 Å². The van der Waals surface area contributed by atoms with Crippen molar-refractivity contribution in [3.05, 3.63) is 30.3 Å². The van der Waals surface area contributed by atoms with Crippen molar-refractivity contribution in [2.45, 2.75) is 32.2 Å². The van der Waals surface area contributed by atoms with Crippen LogP contribution in [0.4, 0.5) is 0 Å². The average molecular weight is 266 g/mol. The number of carbonyl (C=O) groups is 2. The van der Waals surface area contributed by atoms with Gasteiger partial charge in [-0.25, -0.2) is 0 Å². The Morgan fingerprint density at radius 1 is 1.17 bits per heavy atom. The molecule has 4 nitrogen and oxygen atoms in total. The largest absolute Gasteiger partial charge is 0.549 e. The van der Waals surface area contributed by atoms with Gasteiger partial charge in [0, 0.05) is 0 Å². The predicted octanol–water partition coefficient (Wildman–Crippen LogP) is 1.83. The summed E-state index contributed by atoms with van der Waals surface area (Å²) in [6.45, 7) is 2.20. The van der Waals surface area contributed by atoms with Crippen LogP contribution in [0.5, 0.6) is 5.75 Å². The number of hydrogen-bond acceptors (Lipinski definition) is 4. The lowest BCUT2D eigenvalue weighted by Crippen LogP contribution is -1.99. The Hall–Kier alpha value is -1.62. The molecular weight excluding hydrogens is 248 g/mol. The van der Waals surface area contributed by atoms with Crippen LogP contribution in [0, 0.1) is 0 Å². The van der Waals surface area contributed by atoms with Gasteiger partial charge in [0.15, 0.2) is 0 Å². The van der Waals surface area contributed by atoms with E-state index in [1.807, 2.05) is 30.3 Å². The maximum atomic E-state index is 10.0. The molecule has 1 aromatic carbocycles. The Labute approximate surface area is 109 Å². The van der Waals surface area contributed by atoms with Gasteiger partial charge in [-0.05, 0) is 18.2 Å². The molecule has 1 aliphatic heterocycles. The van der Waals surface area contributed by atoms with Crippen molar-refractivity contribution in [1.82, 2.24) is 0 Å². The summed E-state index contributed by atoms with van der Waals surface area (Å²) in [5.41, 5.74) is 0. The first-order valence-corrected chi connectivity index (χ1v) is 7.71. The summed E-state index contributed by atoms with van der Waals surface area (Å²) < 4.78 is 9.67. The monoisotopic (exact) mass is 266 g/mol. The fourth-order valence-electron chi connectivity index (χ4n) is 1.28. The molecule has 5 heteroatoms. The Bertz CT molecular complexity index is 364. The summed E-state index contributed by atoms with van der Waals surface area (Å²) in [6, 6.07) is 11.3. The van der Waals surface area contributed by atoms with Crippen LogP contribution in [0.3, 0.4) is 0 Å². The van der Waals surface area contributed by atoms with Gasteiger partial charge < -0.3 is 9.16 Å². The molecule has 0 bridgehead atoms. The van der Waals surface area contributed by atoms with E-state index in [9.17, 15) is 9.59 Å². The molecule has 98 valence electrons. The number of ether oxygens (including phenoxy) is 1. The highest BCUT2D eigenvalue weighted by atomic mass is 28.2. The molecule has 0 aliphatic carbocycles. The van der Waals surface area contributed by atoms with Crippen LogP contribution in [0.2, 0.25) is 6.04 Å². The van der Waals surface area contributed by atoms with Crippen molar-refractivity contribution in [3.8, 4) is 5.75 Å².